The second-order valence-corrected chi connectivity index (χ2v) is 8.16. The van der Waals surface area contributed by atoms with Crippen molar-refractivity contribution in [1.82, 2.24) is 10.2 Å². The lowest BCUT2D eigenvalue weighted by Gasteiger charge is -2.32. The summed E-state index contributed by atoms with van der Waals surface area (Å²) in [5.41, 5.74) is 0.990. The van der Waals surface area contributed by atoms with Gasteiger partial charge in [0.2, 0.25) is 5.91 Å². The van der Waals surface area contributed by atoms with Gasteiger partial charge < -0.3 is 5.32 Å². The van der Waals surface area contributed by atoms with Gasteiger partial charge in [-0.3, -0.25) is 9.69 Å². The summed E-state index contributed by atoms with van der Waals surface area (Å²) in [6.45, 7) is 2.28. The number of fused-ring (bicyclic) bond motifs is 1. The molecule has 1 N–H and O–H groups in total. The third-order valence-electron chi connectivity index (χ3n) is 5.34. The third-order valence-corrected chi connectivity index (χ3v) is 6.44. The predicted molar refractivity (Wildman–Crippen MR) is 105 cm³/mol. The molecule has 0 saturated carbocycles. The Kier molecular flexibility index (Phi) is 5.18. The fraction of sp³-hybridized carbons (Fsp3) is 0.381. The van der Waals surface area contributed by atoms with E-state index < -0.39 is 0 Å². The van der Waals surface area contributed by atoms with Gasteiger partial charge in [0, 0.05) is 34.5 Å². The van der Waals surface area contributed by atoms with E-state index in [0.717, 1.165) is 28.3 Å². The molecular formula is C21H23FN2OS. The van der Waals surface area contributed by atoms with Gasteiger partial charge >= 0.3 is 0 Å². The van der Waals surface area contributed by atoms with E-state index in [2.05, 4.69) is 10.2 Å². The van der Waals surface area contributed by atoms with Gasteiger partial charge in [0.15, 0.2) is 0 Å². The van der Waals surface area contributed by atoms with Crippen molar-refractivity contribution < 1.29 is 9.18 Å². The summed E-state index contributed by atoms with van der Waals surface area (Å²) in [5, 5.41) is 3.19. The van der Waals surface area contributed by atoms with Crippen molar-refractivity contribution in [2.24, 2.45) is 0 Å². The number of thiophene rings is 1. The Morgan fingerprint density at radius 3 is 2.81 bits per heavy atom. The quantitative estimate of drug-likeness (QED) is 0.814. The Balaban J connectivity index is 1.36. The number of nitrogens with one attached hydrogen (secondary N) is 1. The molecule has 1 amide bonds. The van der Waals surface area contributed by atoms with Crippen LogP contribution >= 0.6 is 11.3 Å². The van der Waals surface area contributed by atoms with Crippen LogP contribution < -0.4 is 5.32 Å². The number of carbonyl (C=O) groups is 1. The van der Waals surface area contributed by atoms with Crippen LogP contribution in [-0.2, 0) is 4.79 Å². The first-order valence-corrected chi connectivity index (χ1v) is 10.1. The molecular weight excluding hydrogens is 347 g/mol. The number of hydrogen-bond donors (Lipinski definition) is 1. The first kappa shape index (κ1) is 17.4. The summed E-state index contributed by atoms with van der Waals surface area (Å²) in [6.07, 6.45) is 8.29. The van der Waals surface area contributed by atoms with E-state index in [1.807, 2.05) is 18.2 Å². The standard InChI is InChI=1S/C21H23FN2OS/c22-16-6-4-15(5-7-16)20-10-8-17(26-20)9-11-21(25)23-18-12-14-24-13-2-1-3-19(18)24/h4-11,18-19H,1-3,12-14H2,(H,23,25)/b11-9+/t18-,19-/m0/s1. The van der Waals surface area contributed by atoms with Gasteiger partial charge in [-0.25, -0.2) is 4.39 Å². The average Bonchev–Trinajstić information content (AvgIpc) is 3.28. The largest absolute Gasteiger partial charge is 0.348 e. The number of benzene rings is 1. The van der Waals surface area contributed by atoms with Gasteiger partial charge in [-0.05, 0) is 61.7 Å². The molecule has 4 rings (SSSR count). The Morgan fingerprint density at radius 1 is 1.12 bits per heavy atom. The Morgan fingerprint density at radius 2 is 1.96 bits per heavy atom. The van der Waals surface area contributed by atoms with Crippen molar-refractivity contribution in [3.63, 3.8) is 0 Å². The van der Waals surface area contributed by atoms with Gasteiger partial charge in [0.05, 0.1) is 0 Å². The van der Waals surface area contributed by atoms with Gasteiger partial charge in [-0.2, -0.15) is 0 Å². The van der Waals surface area contributed by atoms with Gasteiger partial charge in [-0.1, -0.05) is 18.6 Å². The Bertz CT molecular complexity index is 799. The lowest BCUT2D eigenvalue weighted by Crippen LogP contribution is -2.46. The summed E-state index contributed by atoms with van der Waals surface area (Å²) >= 11 is 1.60. The molecule has 136 valence electrons. The number of nitrogens with zero attached hydrogens (tertiary/aromatic N) is 1. The van der Waals surface area contributed by atoms with E-state index in [1.165, 1.54) is 37.9 Å². The Hall–Kier alpha value is -1.98. The number of amides is 1. The normalized spacial score (nSPS) is 23.3. The van der Waals surface area contributed by atoms with E-state index in [1.54, 1.807) is 29.5 Å². The zero-order valence-electron chi connectivity index (χ0n) is 14.7. The number of piperidine rings is 1. The monoisotopic (exact) mass is 370 g/mol. The summed E-state index contributed by atoms with van der Waals surface area (Å²) in [5.74, 6) is -0.246. The highest BCUT2D eigenvalue weighted by Crippen LogP contribution is 2.29. The topological polar surface area (TPSA) is 32.3 Å². The van der Waals surface area contributed by atoms with Gasteiger partial charge in [0.25, 0.3) is 0 Å². The van der Waals surface area contributed by atoms with Crippen LogP contribution in [0.15, 0.2) is 42.5 Å². The summed E-state index contributed by atoms with van der Waals surface area (Å²) < 4.78 is 13.0. The van der Waals surface area contributed by atoms with Crippen molar-refractivity contribution in [1.29, 1.82) is 0 Å². The third kappa shape index (κ3) is 3.89. The zero-order chi connectivity index (χ0) is 17.9. The minimum atomic E-state index is -0.231. The zero-order valence-corrected chi connectivity index (χ0v) is 15.5. The lowest BCUT2D eigenvalue weighted by atomic mass is 9.99. The van der Waals surface area contributed by atoms with Crippen LogP contribution in [0, 0.1) is 5.82 Å². The highest BCUT2D eigenvalue weighted by Gasteiger charge is 2.35. The minimum Gasteiger partial charge on any atom is -0.348 e. The molecule has 0 bridgehead atoms. The predicted octanol–water partition coefficient (Wildman–Crippen LogP) is 4.31. The smallest absolute Gasteiger partial charge is 0.244 e. The van der Waals surface area contributed by atoms with Crippen LogP contribution in [0.5, 0.6) is 0 Å². The average molecular weight is 370 g/mol. The van der Waals surface area contributed by atoms with E-state index in [9.17, 15) is 9.18 Å². The lowest BCUT2D eigenvalue weighted by molar-refractivity contribution is -0.117. The molecule has 0 aliphatic carbocycles. The number of rotatable bonds is 4. The van der Waals surface area contributed by atoms with Crippen LogP contribution in [0.25, 0.3) is 16.5 Å². The molecule has 26 heavy (non-hydrogen) atoms. The molecule has 1 aromatic heterocycles. The Labute approximate surface area is 157 Å². The fourth-order valence-electron chi connectivity index (χ4n) is 4.02. The van der Waals surface area contributed by atoms with E-state index in [-0.39, 0.29) is 17.8 Å². The maximum Gasteiger partial charge on any atom is 0.244 e. The van der Waals surface area contributed by atoms with Gasteiger partial charge in [-0.15, -0.1) is 11.3 Å². The summed E-state index contributed by atoms with van der Waals surface area (Å²) in [7, 11) is 0. The van der Waals surface area contributed by atoms with Crippen LogP contribution in [0.2, 0.25) is 0 Å². The van der Waals surface area contributed by atoms with E-state index in [4.69, 9.17) is 0 Å². The molecule has 2 aliphatic heterocycles. The molecule has 2 saturated heterocycles. The van der Waals surface area contributed by atoms with Crippen LogP contribution in [0.1, 0.15) is 30.6 Å². The number of carbonyl (C=O) groups excluding carboxylic acids is 1. The maximum absolute atomic E-state index is 13.0. The number of hydrogen-bond acceptors (Lipinski definition) is 3. The van der Waals surface area contributed by atoms with Crippen molar-refractivity contribution in [2.75, 3.05) is 13.1 Å². The fourth-order valence-corrected chi connectivity index (χ4v) is 4.93. The molecule has 0 unspecified atom stereocenters. The minimum absolute atomic E-state index is 0.0147. The maximum atomic E-state index is 13.0. The SMILES string of the molecule is O=C(/C=C/c1ccc(-c2ccc(F)cc2)s1)N[C@H]1CCN2CCCC[C@@H]12. The van der Waals surface area contributed by atoms with Crippen LogP contribution in [0.3, 0.4) is 0 Å². The summed E-state index contributed by atoms with van der Waals surface area (Å²) in [4.78, 5) is 16.9. The molecule has 3 heterocycles. The molecule has 2 aliphatic rings. The molecule has 0 radical (unpaired) electrons. The van der Waals surface area contributed by atoms with Crippen molar-refractivity contribution >= 4 is 23.3 Å². The number of halogens is 1. The molecule has 2 aromatic rings. The molecule has 2 atom stereocenters. The highest BCUT2D eigenvalue weighted by molar-refractivity contribution is 7.16. The van der Waals surface area contributed by atoms with Gasteiger partial charge in [0.1, 0.15) is 5.82 Å². The summed E-state index contributed by atoms with van der Waals surface area (Å²) in [6, 6.07) is 11.3. The van der Waals surface area contributed by atoms with E-state index >= 15 is 0 Å². The molecule has 2 fully saturated rings. The van der Waals surface area contributed by atoms with Crippen LogP contribution in [-0.4, -0.2) is 36.0 Å². The first-order valence-electron chi connectivity index (χ1n) is 9.27. The van der Waals surface area contributed by atoms with Crippen molar-refractivity contribution in [3.05, 3.63) is 53.2 Å². The molecule has 0 spiro atoms. The highest BCUT2D eigenvalue weighted by atomic mass is 32.1. The van der Waals surface area contributed by atoms with Crippen LogP contribution in [0.4, 0.5) is 4.39 Å². The first-order chi connectivity index (χ1) is 12.7. The second kappa shape index (κ2) is 7.72. The molecule has 5 heteroatoms. The van der Waals surface area contributed by atoms with Crippen molar-refractivity contribution in [3.8, 4) is 10.4 Å². The van der Waals surface area contributed by atoms with E-state index in [0.29, 0.717) is 6.04 Å². The van der Waals surface area contributed by atoms with Crippen molar-refractivity contribution in [2.45, 2.75) is 37.8 Å². The molecule has 3 nitrogen and oxygen atoms in total. The molecule has 1 aromatic carbocycles. The second-order valence-electron chi connectivity index (χ2n) is 7.05.